The van der Waals surface area contributed by atoms with E-state index in [0.717, 1.165) is 18.6 Å². The van der Waals surface area contributed by atoms with Crippen LogP contribution in [0.5, 0.6) is 5.75 Å². The molecule has 0 saturated heterocycles. The molecule has 1 aliphatic carbocycles. The largest absolute Gasteiger partial charge is 0.491 e. The molecular formula is C17H27NO2. The van der Waals surface area contributed by atoms with Crippen molar-refractivity contribution in [3.8, 4) is 5.75 Å². The molecule has 0 aromatic heterocycles. The lowest BCUT2D eigenvalue weighted by Gasteiger charge is -2.24. The summed E-state index contributed by atoms with van der Waals surface area (Å²) >= 11 is 0. The minimum absolute atomic E-state index is 0.0207. The summed E-state index contributed by atoms with van der Waals surface area (Å²) in [5.74, 6) is 0.956. The van der Waals surface area contributed by atoms with Crippen molar-refractivity contribution in [2.45, 2.75) is 58.1 Å². The summed E-state index contributed by atoms with van der Waals surface area (Å²) in [6, 6.07) is 6.27. The Labute approximate surface area is 122 Å². The van der Waals surface area contributed by atoms with E-state index in [1.807, 2.05) is 6.07 Å². The number of hydrogen-bond donors (Lipinski definition) is 2. The minimum Gasteiger partial charge on any atom is -0.491 e. The summed E-state index contributed by atoms with van der Waals surface area (Å²) in [7, 11) is 0. The fraction of sp³-hybridized carbons (Fsp3) is 0.647. The predicted molar refractivity (Wildman–Crippen MR) is 82.3 cm³/mol. The number of aryl methyl sites for hydroxylation is 1. The van der Waals surface area contributed by atoms with E-state index in [9.17, 15) is 5.11 Å². The van der Waals surface area contributed by atoms with Crippen molar-refractivity contribution in [1.29, 1.82) is 0 Å². The highest BCUT2D eigenvalue weighted by atomic mass is 16.5. The number of aliphatic hydroxyl groups excluding tert-OH is 1. The molecule has 0 fully saturated rings. The lowest BCUT2D eigenvalue weighted by molar-refractivity contribution is 0.0994. The number of fused-ring (bicyclic) bond motifs is 1. The molecule has 112 valence electrons. The van der Waals surface area contributed by atoms with Crippen LogP contribution in [0.3, 0.4) is 0 Å². The maximum atomic E-state index is 9.99. The summed E-state index contributed by atoms with van der Waals surface area (Å²) in [4.78, 5) is 0. The van der Waals surface area contributed by atoms with Crippen molar-refractivity contribution in [2.75, 3.05) is 13.2 Å². The highest BCUT2D eigenvalue weighted by molar-refractivity contribution is 5.41. The van der Waals surface area contributed by atoms with Gasteiger partial charge in [-0.1, -0.05) is 12.1 Å². The predicted octanol–water partition coefficient (Wildman–Crippen LogP) is 2.69. The molecule has 20 heavy (non-hydrogen) atoms. The molecule has 0 radical (unpaired) electrons. The second-order valence-electron chi connectivity index (χ2n) is 6.70. The normalized spacial score (nSPS) is 16.6. The van der Waals surface area contributed by atoms with Crippen molar-refractivity contribution >= 4 is 0 Å². The van der Waals surface area contributed by atoms with E-state index in [1.165, 1.54) is 24.0 Å². The van der Waals surface area contributed by atoms with Gasteiger partial charge in [-0.15, -0.1) is 0 Å². The van der Waals surface area contributed by atoms with Gasteiger partial charge in [-0.2, -0.15) is 0 Å². The summed E-state index contributed by atoms with van der Waals surface area (Å²) < 4.78 is 5.84. The Morgan fingerprint density at radius 1 is 1.25 bits per heavy atom. The maximum absolute atomic E-state index is 9.99. The number of ether oxygens (including phenoxy) is 1. The van der Waals surface area contributed by atoms with Gasteiger partial charge < -0.3 is 15.2 Å². The average Bonchev–Trinajstić information content (AvgIpc) is 2.42. The molecule has 0 heterocycles. The van der Waals surface area contributed by atoms with E-state index in [4.69, 9.17) is 4.74 Å². The second-order valence-corrected chi connectivity index (χ2v) is 6.70. The summed E-state index contributed by atoms with van der Waals surface area (Å²) in [6.45, 7) is 7.18. The topological polar surface area (TPSA) is 41.5 Å². The zero-order valence-corrected chi connectivity index (χ0v) is 12.9. The standard InChI is InChI=1S/C17H27NO2/c1-17(2,3)18-11-14(19)12-20-16-10-6-8-13-7-4-5-9-15(13)16/h6,8,10,14,18-19H,4-5,7,9,11-12H2,1-3H3. The van der Waals surface area contributed by atoms with E-state index in [1.54, 1.807) is 0 Å². The van der Waals surface area contributed by atoms with E-state index in [-0.39, 0.29) is 5.54 Å². The molecule has 1 atom stereocenters. The molecule has 3 nitrogen and oxygen atoms in total. The third kappa shape index (κ3) is 4.50. The molecule has 0 aliphatic heterocycles. The summed E-state index contributed by atoms with van der Waals surface area (Å²) in [6.07, 6.45) is 4.28. The van der Waals surface area contributed by atoms with Crippen LogP contribution in [0.15, 0.2) is 18.2 Å². The van der Waals surface area contributed by atoms with Gasteiger partial charge in [0.1, 0.15) is 18.5 Å². The van der Waals surface area contributed by atoms with Gasteiger partial charge in [0.05, 0.1) is 0 Å². The Balaban J connectivity index is 1.88. The molecule has 0 amide bonds. The van der Waals surface area contributed by atoms with Crippen LogP contribution in [0.25, 0.3) is 0 Å². The minimum atomic E-state index is -0.478. The van der Waals surface area contributed by atoms with E-state index in [2.05, 4.69) is 38.2 Å². The summed E-state index contributed by atoms with van der Waals surface area (Å²) in [5, 5.41) is 13.3. The molecule has 3 heteroatoms. The van der Waals surface area contributed by atoms with Crippen molar-refractivity contribution in [3.63, 3.8) is 0 Å². The first-order chi connectivity index (χ1) is 9.46. The molecule has 1 unspecified atom stereocenters. The van der Waals surface area contributed by atoms with Crippen LogP contribution >= 0.6 is 0 Å². The number of aliphatic hydroxyl groups is 1. The van der Waals surface area contributed by atoms with Gasteiger partial charge in [0, 0.05) is 12.1 Å². The van der Waals surface area contributed by atoms with Crippen molar-refractivity contribution in [1.82, 2.24) is 5.32 Å². The molecule has 1 aliphatic rings. The quantitative estimate of drug-likeness (QED) is 0.869. The van der Waals surface area contributed by atoms with Crippen LogP contribution in [-0.2, 0) is 12.8 Å². The van der Waals surface area contributed by atoms with Crippen LogP contribution in [0, 0.1) is 0 Å². The zero-order chi connectivity index (χ0) is 14.6. The molecular weight excluding hydrogens is 250 g/mol. The van der Waals surface area contributed by atoms with Crippen molar-refractivity contribution < 1.29 is 9.84 Å². The highest BCUT2D eigenvalue weighted by Gasteiger charge is 2.16. The van der Waals surface area contributed by atoms with E-state index >= 15 is 0 Å². The molecule has 1 aromatic carbocycles. The van der Waals surface area contributed by atoms with Crippen LogP contribution in [0.2, 0.25) is 0 Å². The van der Waals surface area contributed by atoms with Gasteiger partial charge in [-0.25, -0.2) is 0 Å². The Morgan fingerprint density at radius 3 is 2.75 bits per heavy atom. The smallest absolute Gasteiger partial charge is 0.122 e. The van der Waals surface area contributed by atoms with E-state index in [0.29, 0.717) is 13.2 Å². The van der Waals surface area contributed by atoms with E-state index < -0.39 is 6.10 Å². The molecule has 2 rings (SSSR count). The number of benzene rings is 1. The molecule has 2 N–H and O–H groups in total. The summed E-state index contributed by atoms with van der Waals surface area (Å²) in [5.41, 5.74) is 2.78. The van der Waals surface area contributed by atoms with Gasteiger partial charge >= 0.3 is 0 Å². The molecule has 1 aromatic rings. The first-order valence-corrected chi connectivity index (χ1v) is 7.62. The van der Waals surface area contributed by atoms with Gasteiger partial charge in [0.25, 0.3) is 0 Å². The Hall–Kier alpha value is -1.06. The average molecular weight is 277 g/mol. The monoisotopic (exact) mass is 277 g/mol. The first-order valence-electron chi connectivity index (χ1n) is 7.62. The fourth-order valence-electron chi connectivity index (χ4n) is 2.55. The van der Waals surface area contributed by atoms with Crippen LogP contribution < -0.4 is 10.1 Å². The fourth-order valence-corrected chi connectivity index (χ4v) is 2.55. The number of rotatable bonds is 5. The van der Waals surface area contributed by atoms with Gasteiger partial charge in [0.2, 0.25) is 0 Å². The van der Waals surface area contributed by atoms with Gasteiger partial charge in [-0.3, -0.25) is 0 Å². The Kier molecular flexibility index (Phi) is 5.06. The number of nitrogens with one attached hydrogen (secondary N) is 1. The van der Waals surface area contributed by atoms with Crippen molar-refractivity contribution in [3.05, 3.63) is 29.3 Å². The lowest BCUT2D eigenvalue weighted by Crippen LogP contribution is -2.42. The Bertz CT molecular complexity index is 437. The molecule has 0 bridgehead atoms. The van der Waals surface area contributed by atoms with Crippen LogP contribution in [0.1, 0.15) is 44.7 Å². The highest BCUT2D eigenvalue weighted by Crippen LogP contribution is 2.29. The molecule has 0 saturated carbocycles. The Morgan fingerprint density at radius 2 is 2.00 bits per heavy atom. The van der Waals surface area contributed by atoms with Gasteiger partial charge in [0.15, 0.2) is 0 Å². The van der Waals surface area contributed by atoms with Crippen LogP contribution in [0.4, 0.5) is 0 Å². The first kappa shape index (κ1) is 15.3. The zero-order valence-electron chi connectivity index (χ0n) is 12.9. The number of β-amino-alcohol motifs (C(OH)–C–C–N with tert-alkyl or cyclic N) is 1. The lowest BCUT2D eigenvalue weighted by atomic mass is 9.91. The maximum Gasteiger partial charge on any atom is 0.122 e. The molecule has 0 spiro atoms. The van der Waals surface area contributed by atoms with Gasteiger partial charge in [-0.05, 0) is 63.6 Å². The third-order valence-corrected chi connectivity index (χ3v) is 3.65. The second kappa shape index (κ2) is 6.59. The van der Waals surface area contributed by atoms with Crippen molar-refractivity contribution in [2.24, 2.45) is 0 Å². The van der Waals surface area contributed by atoms with Crippen LogP contribution in [-0.4, -0.2) is 29.9 Å². The SMILES string of the molecule is CC(C)(C)NCC(O)COc1cccc2c1CCCC2. The number of hydrogen-bond acceptors (Lipinski definition) is 3. The third-order valence-electron chi connectivity index (χ3n) is 3.65.